The minimum atomic E-state index is -4.66. The van der Waals surface area contributed by atoms with Gasteiger partial charge in [-0.15, -0.1) is 5.10 Å². The number of aromatic nitrogens is 3. The molecule has 1 saturated heterocycles. The summed E-state index contributed by atoms with van der Waals surface area (Å²) < 4.78 is 43.3. The topological polar surface area (TPSA) is 104 Å². The molecule has 0 unspecified atom stereocenters. The van der Waals surface area contributed by atoms with Crippen LogP contribution in [-0.4, -0.2) is 45.1 Å². The predicted molar refractivity (Wildman–Crippen MR) is 95.9 cm³/mol. The number of halogens is 3. The SMILES string of the molecule is C[C@@H](Nc1nnc(-c2ccc(C(F)(F)F)[nH]c2=O)o1)C(=O)N1CCC2(CC1)CC2. The van der Waals surface area contributed by atoms with Gasteiger partial charge in [-0.2, -0.15) is 13.2 Å². The molecule has 3 heterocycles. The maximum atomic E-state index is 12.7. The van der Waals surface area contributed by atoms with Crippen molar-refractivity contribution in [2.75, 3.05) is 18.4 Å². The van der Waals surface area contributed by atoms with Gasteiger partial charge in [0.15, 0.2) is 0 Å². The first-order valence-corrected chi connectivity index (χ1v) is 9.37. The van der Waals surface area contributed by atoms with Gasteiger partial charge in [0.2, 0.25) is 5.91 Å². The molecular weight excluding hydrogens is 391 g/mol. The summed E-state index contributed by atoms with van der Waals surface area (Å²) >= 11 is 0. The van der Waals surface area contributed by atoms with Crippen molar-refractivity contribution in [3.63, 3.8) is 0 Å². The molecule has 2 N–H and O–H groups in total. The molecule has 1 amide bonds. The number of pyridine rings is 1. The molecule has 1 aliphatic heterocycles. The van der Waals surface area contributed by atoms with Crippen molar-refractivity contribution in [3.8, 4) is 11.5 Å². The number of nitrogens with zero attached hydrogens (tertiary/aromatic N) is 3. The van der Waals surface area contributed by atoms with Crippen LogP contribution in [0.4, 0.5) is 19.2 Å². The zero-order chi connectivity index (χ0) is 20.8. The van der Waals surface area contributed by atoms with E-state index >= 15 is 0 Å². The van der Waals surface area contributed by atoms with Crippen LogP contribution in [0.1, 0.15) is 38.3 Å². The zero-order valence-corrected chi connectivity index (χ0v) is 15.7. The summed E-state index contributed by atoms with van der Waals surface area (Å²) in [6, 6.07) is 0.983. The fraction of sp³-hybridized carbons (Fsp3) is 0.556. The highest BCUT2D eigenvalue weighted by atomic mass is 19.4. The quantitative estimate of drug-likeness (QED) is 0.802. The average molecular weight is 411 g/mol. The van der Waals surface area contributed by atoms with E-state index in [1.807, 2.05) is 0 Å². The maximum Gasteiger partial charge on any atom is 0.431 e. The molecule has 2 aromatic heterocycles. The molecule has 4 rings (SSSR count). The second-order valence-corrected chi connectivity index (χ2v) is 7.72. The third kappa shape index (κ3) is 3.99. The lowest BCUT2D eigenvalue weighted by molar-refractivity contribution is -0.141. The van der Waals surface area contributed by atoms with Crippen LogP contribution < -0.4 is 10.9 Å². The molecule has 1 atom stereocenters. The fourth-order valence-corrected chi connectivity index (χ4v) is 3.60. The Kier molecular flexibility index (Phi) is 4.62. The van der Waals surface area contributed by atoms with Gasteiger partial charge in [0.25, 0.3) is 11.4 Å². The lowest BCUT2D eigenvalue weighted by Crippen LogP contribution is -2.45. The summed E-state index contributed by atoms with van der Waals surface area (Å²) in [5.41, 5.74) is -1.90. The Morgan fingerprint density at radius 3 is 2.52 bits per heavy atom. The number of piperidine rings is 1. The van der Waals surface area contributed by atoms with Crippen molar-refractivity contribution in [2.45, 2.75) is 44.8 Å². The van der Waals surface area contributed by atoms with E-state index in [0.717, 1.165) is 38.1 Å². The van der Waals surface area contributed by atoms with Crippen LogP contribution >= 0.6 is 0 Å². The maximum absolute atomic E-state index is 12.7. The highest BCUT2D eigenvalue weighted by Gasteiger charge is 2.45. The molecule has 1 aliphatic carbocycles. The lowest BCUT2D eigenvalue weighted by Gasteiger charge is -2.33. The molecule has 29 heavy (non-hydrogen) atoms. The Hall–Kier alpha value is -2.85. The fourth-order valence-electron chi connectivity index (χ4n) is 3.60. The smallest absolute Gasteiger partial charge is 0.403 e. The number of carbonyl (C=O) groups is 1. The number of rotatable bonds is 4. The molecule has 8 nitrogen and oxygen atoms in total. The summed E-state index contributed by atoms with van der Waals surface area (Å²) in [5.74, 6) is -0.330. The number of carbonyl (C=O) groups excluding carboxylic acids is 1. The molecule has 0 radical (unpaired) electrons. The van der Waals surface area contributed by atoms with Crippen LogP contribution in [-0.2, 0) is 11.0 Å². The second kappa shape index (κ2) is 6.89. The largest absolute Gasteiger partial charge is 0.431 e. The highest BCUT2D eigenvalue weighted by molar-refractivity contribution is 5.83. The van der Waals surface area contributed by atoms with Crippen LogP contribution in [0.3, 0.4) is 0 Å². The first-order valence-electron chi connectivity index (χ1n) is 9.37. The average Bonchev–Trinajstić information content (AvgIpc) is 3.26. The zero-order valence-electron chi connectivity index (χ0n) is 15.7. The van der Waals surface area contributed by atoms with E-state index < -0.39 is 23.5 Å². The summed E-state index contributed by atoms with van der Waals surface area (Å²) in [5, 5.41) is 10.2. The summed E-state index contributed by atoms with van der Waals surface area (Å²) in [4.78, 5) is 28.1. The Bertz CT molecular complexity index is 970. The monoisotopic (exact) mass is 411 g/mol. The minimum Gasteiger partial charge on any atom is -0.403 e. The van der Waals surface area contributed by atoms with Crippen molar-refractivity contribution in [2.24, 2.45) is 5.41 Å². The molecule has 2 fully saturated rings. The van der Waals surface area contributed by atoms with Gasteiger partial charge >= 0.3 is 12.2 Å². The molecule has 1 saturated carbocycles. The lowest BCUT2D eigenvalue weighted by atomic mass is 9.93. The number of aromatic amines is 1. The molecular formula is C18H20F3N5O3. The van der Waals surface area contributed by atoms with E-state index in [1.165, 1.54) is 12.8 Å². The van der Waals surface area contributed by atoms with Crippen molar-refractivity contribution in [1.29, 1.82) is 0 Å². The van der Waals surface area contributed by atoms with Gasteiger partial charge in [-0.25, -0.2) is 0 Å². The first kappa shape index (κ1) is 19.5. The van der Waals surface area contributed by atoms with Gasteiger partial charge in [0.1, 0.15) is 17.3 Å². The van der Waals surface area contributed by atoms with Crippen LogP contribution in [0.15, 0.2) is 21.3 Å². The number of nitrogens with one attached hydrogen (secondary N) is 2. The Labute approximate surface area is 163 Å². The second-order valence-electron chi connectivity index (χ2n) is 7.72. The van der Waals surface area contributed by atoms with Gasteiger partial charge in [-0.3, -0.25) is 9.59 Å². The molecule has 0 aromatic carbocycles. The van der Waals surface area contributed by atoms with Crippen molar-refractivity contribution in [3.05, 3.63) is 28.2 Å². The number of alkyl halides is 3. The number of hydrogen-bond donors (Lipinski definition) is 2. The third-order valence-corrected chi connectivity index (χ3v) is 5.67. The van der Waals surface area contributed by atoms with Gasteiger partial charge in [0.05, 0.1) is 0 Å². The van der Waals surface area contributed by atoms with E-state index in [9.17, 15) is 22.8 Å². The van der Waals surface area contributed by atoms with Crippen LogP contribution in [0.25, 0.3) is 11.5 Å². The van der Waals surface area contributed by atoms with Crippen molar-refractivity contribution < 1.29 is 22.4 Å². The number of H-pyrrole nitrogens is 1. The highest BCUT2D eigenvalue weighted by Crippen LogP contribution is 2.53. The van der Waals surface area contributed by atoms with E-state index in [4.69, 9.17) is 4.42 Å². The van der Waals surface area contributed by atoms with Gasteiger partial charge < -0.3 is 19.6 Å². The number of hydrogen-bond acceptors (Lipinski definition) is 6. The number of amides is 1. The normalized spacial score (nSPS) is 19.2. The van der Waals surface area contributed by atoms with Crippen molar-refractivity contribution in [1.82, 2.24) is 20.1 Å². The van der Waals surface area contributed by atoms with E-state index in [1.54, 1.807) is 16.8 Å². The Balaban J connectivity index is 1.41. The van der Waals surface area contributed by atoms with Crippen LogP contribution in [0, 0.1) is 5.41 Å². The minimum absolute atomic E-state index is 0.0872. The Morgan fingerprint density at radius 2 is 1.93 bits per heavy atom. The molecule has 1 spiro atoms. The first-order chi connectivity index (χ1) is 13.7. The number of likely N-dealkylation sites (tertiary alicyclic amines) is 1. The molecule has 11 heteroatoms. The summed E-state index contributed by atoms with van der Waals surface area (Å²) in [6.45, 7) is 3.11. The Morgan fingerprint density at radius 1 is 1.24 bits per heavy atom. The van der Waals surface area contributed by atoms with Gasteiger partial charge in [-0.05, 0) is 50.2 Å². The van der Waals surface area contributed by atoms with Crippen LogP contribution in [0.5, 0.6) is 0 Å². The van der Waals surface area contributed by atoms with E-state index in [0.29, 0.717) is 5.41 Å². The summed E-state index contributed by atoms with van der Waals surface area (Å²) in [6.07, 6.45) is -0.129. The molecule has 2 aromatic rings. The number of anilines is 1. The molecule has 156 valence electrons. The van der Waals surface area contributed by atoms with E-state index in [2.05, 4.69) is 15.5 Å². The van der Waals surface area contributed by atoms with Gasteiger partial charge in [-0.1, -0.05) is 5.10 Å². The third-order valence-electron chi connectivity index (χ3n) is 5.67. The molecule has 0 bridgehead atoms. The van der Waals surface area contributed by atoms with E-state index in [-0.39, 0.29) is 23.4 Å². The van der Waals surface area contributed by atoms with Crippen LogP contribution in [0.2, 0.25) is 0 Å². The standard InChI is InChI=1S/C18H20F3N5O3/c1-10(15(28)26-8-6-17(4-5-17)7-9-26)22-16-25-24-14(29-16)11-2-3-12(18(19,20)21)23-13(11)27/h2-3,10H,4-9H2,1H3,(H,22,25)(H,23,27)/t10-/m1/s1. The summed E-state index contributed by atoms with van der Waals surface area (Å²) in [7, 11) is 0. The molecule has 2 aliphatic rings. The van der Waals surface area contributed by atoms with Crippen molar-refractivity contribution >= 4 is 11.9 Å². The van der Waals surface area contributed by atoms with Gasteiger partial charge in [0, 0.05) is 13.1 Å². The predicted octanol–water partition coefficient (Wildman–Crippen LogP) is 2.65.